The lowest BCUT2D eigenvalue weighted by Gasteiger charge is -2.32. The molecule has 2 aliphatic rings. The molecule has 168 valence electrons. The predicted octanol–water partition coefficient (Wildman–Crippen LogP) is 3.56. The highest BCUT2D eigenvalue weighted by atomic mass is 35.5. The van der Waals surface area contributed by atoms with Crippen molar-refractivity contribution in [1.82, 2.24) is 14.2 Å². The van der Waals surface area contributed by atoms with Crippen molar-refractivity contribution in [3.8, 4) is 0 Å². The highest BCUT2D eigenvalue weighted by Crippen LogP contribution is 2.33. The quantitative estimate of drug-likeness (QED) is 0.427. The van der Waals surface area contributed by atoms with Crippen LogP contribution >= 0.6 is 34.3 Å². The van der Waals surface area contributed by atoms with Crippen molar-refractivity contribution in [3.05, 3.63) is 44.9 Å². The molecule has 0 saturated carbocycles. The van der Waals surface area contributed by atoms with Crippen molar-refractivity contribution >= 4 is 66.0 Å². The predicted molar refractivity (Wildman–Crippen MR) is 124 cm³/mol. The summed E-state index contributed by atoms with van der Waals surface area (Å²) in [5.41, 5.74) is 1.30. The summed E-state index contributed by atoms with van der Waals surface area (Å²) in [6.45, 7) is 0.633. The van der Waals surface area contributed by atoms with Gasteiger partial charge >= 0.3 is 0 Å². The Kier molecular flexibility index (Phi) is 5.70. The third kappa shape index (κ3) is 3.92. The molecule has 1 amide bonds. The number of fused-ring (bicyclic) bond motifs is 2. The van der Waals surface area contributed by atoms with Crippen LogP contribution in [0.15, 0.2) is 33.6 Å². The maximum absolute atomic E-state index is 13.1. The van der Waals surface area contributed by atoms with Gasteiger partial charge in [0.2, 0.25) is 5.91 Å². The maximum atomic E-state index is 13.1. The highest BCUT2D eigenvalue weighted by molar-refractivity contribution is 7.91. The van der Waals surface area contributed by atoms with Gasteiger partial charge in [0.1, 0.15) is 20.6 Å². The number of sulfonamides is 1. The molecule has 0 atom stereocenters. The third-order valence-electron chi connectivity index (χ3n) is 5.62. The lowest BCUT2D eigenvalue weighted by molar-refractivity contribution is -0.134. The van der Waals surface area contributed by atoms with E-state index in [0.717, 1.165) is 49.8 Å². The number of carbonyl (C=O) groups is 1. The number of halogens is 1. The number of piperazine rings is 1. The van der Waals surface area contributed by atoms with Crippen molar-refractivity contribution in [2.45, 2.75) is 30.0 Å². The van der Waals surface area contributed by atoms with Gasteiger partial charge in [0.15, 0.2) is 0 Å². The molecule has 1 fully saturated rings. The van der Waals surface area contributed by atoms with Crippen LogP contribution in [0, 0.1) is 0 Å². The molecular weight excluding hydrogens is 492 g/mol. The number of benzene rings is 1. The zero-order chi connectivity index (χ0) is 22.5. The van der Waals surface area contributed by atoms with E-state index in [1.54, 1.807) is 29.2 Å². The second-order valence-electron chi connectivity index (χ2n) is 7.68. The lowest BCUT2D eigenvalue weighted by Crippen LogP contribution is -2.51. The first-order chi connectivity index (χ1) is 15.3. The van der Waals surface area contributed by atoms with Gasteiger partial charge in [0, 0.05) is 27.7 Å². The van der Waals surface area contributed by atoms with E-state index in [1.807, 2.05) is 0 Å². The lowest BCUT2D eigenvalue weighted by atomic mass is 10.0. The van der Waals surface area contributed by atoms with E-state index in [9.17, 15) is 18.4 Å². The fourth-order valence-electron chi connectivity index (χ4n) is 3.95. The summed E-state index contributed by atoms with van der Waals surface area (Å²) in [4.78, 5) is 20.1. The Morgan fingerprint density at radius 3 is 2.81 bits per heavy atom. The minimum atomic E-state index is -3.77. The molecule has 1 aliphatic heterocycles. The van der Waals surface area contributed by atoms with E-state index in [1.165, 1.54) is 15.6 Å². The topological polar surface area (TPSA) is 103 Å². The average molecular weight is 511 g/mol. The molecular formula is C20H19ClN4O4S3. The van der Waals surface area contributed by atoms with Crippen LogP contribution in [0.25, 0.3) is 10.1 Å². The summed E-state index contributed by atoms with van der Waals surface area (Å²) in [7, 11) is -3.77. The smallest absolute Gasteiger partial charge is 0.253 e. The van der Waals surface area contributed by atoms with Crippen molar-refractivity contribution in [1.29, 1.82) is 0 Å². The van der Waals surface area contributed by atoms with Crippen LogP contribution in [0.2, 0.25) is 5.02 Å². The number of rotatable bonds is 4. The average Bonchev–Trinajstić information content (AvgIpc) is 3.38. The van der Waals surface area contributed by atoms with Crippen LogP contribution < -0.4 is 0 Å². The fraction of sp³-hybridized carbons (Fsp3) is 0.350. The second-order valence-corrected chi connectivity index (χ2v) is 12.5. The standard InChI is InChI=1S/C20H19ClN4O4S3/c21-13-5-4-12-8-19(31-16(12)9-13)32(28,29)25-7-6-24(18(26)11-25)10-17-22-20-14(23-27)2-1-3-15(20)30-17/h4-5,8-9,27H,1-3,6-7,10-11H2/b23-14+. The van der Waals surface area contributed by atoms with Crippen LogP contribution in [-0.2, 0) is 27.8 Å². The summed E-state index contributed by atoms with van der Waals surface area (Å²) in [6, 6.07) is 6.88. The first-order valence-electron chi connectivity index (χ1n) is 10.0. The van der Waals surface area contributed by atoms with E-state index >= 15 is 0 Å². The SMILES string of the molecule is O=C1CN(S(=O)(=O)c2cc3ccc(Cl)cc3s2)CCN1Cc1nc2c(s1)CCC/C2=N\O. The summed E-state index contributed by atoms with van der Waals surface area (Å²) < 4.78 is 28.5. The van der Waals surface area contributed by atoms with Gasteiger partial charge in [-0.15, -0.1) is 22.7 Å². The minimum absolute atomic E-state index is 0.203. The summed E-state index contributed by atoms with van der Waals surface area (Å²) in [6.07, 6.45) is 2.48. The van der Waals surface area contributed by atoms with E-state index in [4.69, 9.17) is 11.6 Å². The van der Waals surface area contributed by atoms with Gasteiger partial charge in [-0.25, -0.2) is 13.4 Å². The maximum Gasteiger partial charge on any atom is 0.253 e. The van der Waals surface area contributed by atoms with Crippen LogP contribution in [0.5, 0.6) is 0 Å². The minimum Gasteiger partial charge on any atom is -0.411 e. The number of hydrogen-bond acceptors (Lipinski definition) is 8. The molecule has 0 radical (unpaired) electrons. The third-order valence-corrected chi connectivity index (χ3v) is 10.3. The van der Waals surface area contributed by atoms with Gasteiger partial charge in [0.05, 0.1) is 13.1 Å². The van der Waals surface area contributed by atoms with Crippen molar-refractivity contribution in [3.63, 3.8) is 0 Å². The monoisotopic (exact) mass is 510 g/mol. The number of amides is 1. The number of carbonyl (C=O) groups excluding carboxylic acids is 1. The first-order valence-corrected chi connectivity index (χ1v) is 13.5. The molecule has 3 aromatic rings. The van der Waals surface area contributed by atoms with Gasteiger partial charge in [0.25, 0.3) is 10.0 Å². The molecule has 1 N–H and O–H groups in total. The first kappa shape index (κ1) is 21.8. The van der Waals surface area contributed by atoms with Crippen LogP contribution in [0.1, 0.15) is 28.4 Å². The molecule has 0 unspecified atom stereocenters. The molecule has 1 saturated heterocycles. The molecule has 12 heteroatoms. The summed E-state index contributed by atoms with van der Waals surface area (Å²) >= 11 is 8.69. The fourth-order valence-corrected chi connectivity index (χ4v) is 8.31. The Hall–Kier alpha value is -2.05. The van der Waals surface area contributed by atoms with E-state index in [0.29, 0.717) is 30.2 Å². The molecule has 0 bridgehead atoms. The Labute approximate surface area is 197 Å². The number of hydrogen-bond donors (Lipinski definition) is 1. The largest absolute Gasteiger partial charge is 0.411 e. The Bertz CT molecular complexity index is 1350. The Morgan fingerprint density at radius 1 is 1.19 bits per heavy atom. The molecule has 0 spiro atoms. The van der Waals surface area contributed by atoms with Crippen LogP contribution in [0.4, 0.5) is 0 Å². The normalized spacial score (nSPS) is 19.1. The van der Waals surface area contributed by atoms with Gasteiger partial charge in [-0.3, -0.25) is 4.79 Å². The van der Waals surface area contributed by atoms with Gasteiger partial charge in [-0.1, -0.05) is 22.8 Å². The number of thiazole rings is 1. The Balaban J connectivity index is 1.31. The number of aryl methyl sites for hydroxylation is 1. The van der Waals surface area contributed by atoms with E-state index in [-0.39, 0.29) is 23.2 Å². The molecule has 1 aliphatic carbocycles. The molecule has 5 rings (SSSR count). The van der Waals surface area contributed by atoms with Crippen LogP contribution in [0.3, 0.4) is 0 Å². The zero-order valence-electron chi connectivity index (χ0n) is 16.8. The van der Waals surface area contributed by atoms with Gasteiger partial charge in [-0.2, -0.15) is 4.31 Å². The Morgan fingerprint density at radius 2 is 2.03 bits per heavy atom. The number of oxime groups is 1. The van der Waals surface area contributed by atoms with E-state index < -0.39 is 10.0 Å². The highest BCUT2D eigenvalue weighted by Gasteiger charge is 2.34. The van der Waals surface area contributed by atoms with Crippen molar-refractivity contribution in [2.24, 2.45) is 5.16 Å². The summed E-state index contributed by atoms with van der Waals surface area (Å²) in [5.74, 6) is -0.256. The van der Waals surface area contributed by atoms with Crippen molar-refractivity contribution < 1.29 is 18.4 Å². The van der Waals surface area contributed by atoms with Crippen molar-refractivity contribution in [2.75, 3.05) is 19.6 Å². The van der Waals surface area contributed by atoms with Gasteiger partial charge in [-0.05, 0) is 42.8 Å². The molecule has 8 nitrogen and oxygen atoms in total. The molecule has 32 heavy (non-hydrogen) atoms. The number of thiophene rings is 1. The number of aromatic nitrogens is 1. The number of nitrogens with zero attached hydrogens (tertiary/aromatic N) is 4. The summed E-state index contributed by atoms with van der Waals surface area (Å²) in [5, 5.41) is 14.7. The molecule has 1 aromatic carbocycles. The van der Waals surface area contributed by atoms with Crippen LogP contribution in [-0.4, -0.2) is 59.1 Å². The van der Waals surface area contributed by atoms with Gasteiger partial charge < -0.3 is 10.1 Å². The molecule has 2 aromatic heterocycles. The van der Waals surface area contributed by atoms with E-state index in [2.05, 4.69) is 10.1 Å². The molecule has 3 heterocycles. The second kappa shape index (κ2) is 8.38. The zero-order valence-corrected chi connectivity index (χ0v) is 20.0.